The third kappa shape index (κ3) is 2.79. The first kappa shape index (κ1) is 14.0. The molecule has 1 saturated carbocycles. The Kier molecular flexibility index (Phi) is 4.82. The van der Waals surface area contributed by atoms with E-state index in [1.807, 2.05) is 11.3 Å². The first-order valence-corrected chi connectivity index (χ1v) is 7.96. The zero-order valence-electron chi connectivity index (χ0n) is 11.7. The minimum atomic E-state index is 0.325. The molecule has 3 unspecified atom stereocenters. The lowest BCUT2D eigenvalue weighted by atomic mass is 9.61. The molecular weight excluding hydrogens is 242 g/mol. The Balaban J connectivity index is 1.76. The van der Waals surface area contributed by atoms with Crippen molar-refractivity contribution in [1.82, 2.24) is 5.32 Å². The normalized spacial score (nSPS) is 31.3. The molecule has 1 heterocycles. The van der Waals surface area contributed by atoms with Gasteiger partial charge in [-0.3, -0.25) is 0 Å². The molecule has 18 heavy (non-hydrogen) atoms. The number of rotatable bonds is 7. The first-order chi connectivity index (χ1) is 8.70. The Morgan fingerprint density at radius 2 is 2.33 bits per heavy atom. The highest BCUT2D eigenvalue weighted by Gasteiger charge is 2.50. The van der Waals surface area contributed by atoms with Gasteiger partial charge in [0.25, 0.3) is 0 Å². The molecule has 0 saturated heterocycles. The molecule has 0 radical (unpaired) electrons. The van der Waals surface area contributed by atoms with Gasteiger partial charge in [-0.25, -0.2) is 0 Å². The fourth-order valence-electron chi connectivity index (χ4n) is 2.89. The Hall–Kier alpha value is -0.380. The zero-order chi connectivity index (χ0) is 13.0. The molecule has 0 aliphatic heterocycles. The van der Waals surface area contributed by atoms with Crippen molar-refractivity contribution in [2.24, 2.45) is 5.41 Å². The van der Waals surface area contributed by atoms with Crippen molar-refractivity contribution in [1.29, 1.82) is 0 Å². The van der Waals surface area contributed by atoms with E-state index >= 15 is 0 Å². The van der Waals surface area contributed by atoms with Crippen LogP contribution in [0.5, 0.6) is 0 Å². The Morgan fingerprint density at radius 3 is 2.94 bits per heavy atom. The zero-order valence-corrected chi connectivity index (χ0v) is 12.6. The number of ether oxygens (including phenoxy) is 1. The lowest BCUT2D eigenvalue weighted by molar-refractivity contribution is -0.125. The largest absolute Gasteiger partial charge is 0.378 e. The molecular formula is C15H25NOS. The number of nitrogens with one attached hydrogen (secondary N) is 1. The van der Waals surface area contributed by atoms with Crippen LogP contribution in [0.1, 0.15) is 38.5 Å². The molecule has 1 N–H and O–H groups in total. The van der Waals surface area contributed by atoms with E-state index in [-0.39, 0.29) is 0 Å². The van der Waals surface area contributed by atoms with E-state index in [0.717, 1.165) is 19.6 Å². The maximum absolute atomic E-state index is 5.83. The van der Waals surface area contributed by atoms with Gasteiger partial charge in [-0.2, -0.15) is 0 Å². The summed E-state index contributed by atoms with van der Waals surface area (Å²) in [6.45, 7) is 8.65. The van der Waals surface area contributed by atoms with Crippen molar-refractivity contribution in [2.75, 3.05) is 13.2 Å². The molecule has 2 rings (SSSR count). The molecule has 0 spiro atoms. The monoisotopic (exact) mass is 267 g/mol. The van der Waals surface area contributed by atoms with Crippen molar-refractivity contribution >= 4 is 11.3 Å². The highest BCUT2D eigenvalue weighted by molar-refractivity contribution is 7.09. The molecule has 0 bridgehead atoms. The molecule has 1 aliphatic rings. The Labute approximate surface area is 115 Å². The molecule has 1 aliphatic carbocycles. The lowest BCUT2D eigenvalue weighted by Crippen LogP contribution is -2.62. The van der Waals surface area contributed by atoms with Crippen molar-refractivity contribution in [3.8, 4) is 0 Å². The second-order valence-electron chi connectivity index (χ2n) is 5.38. The summed E-state index contributed by atoms with van der Waals surface area (Å²) < 4.78 is 5.83. The molecule has 0 aromatic carbocycles. The predicted octanol–water partition coefficient (Wildman–Crippen LogP) is 3.47. The van der Waals surface area contributed by atoms with Gasteiger partial charge in [-0.05, 0) is 37.6 Å². The van der Waals surface area contributed by atoms with Gasteiger partial charge in [-0.1, -0.05) is 19.9 Å². The summed E-state index contributed by atoms with van der Waals surface area (Å²) in [5, 5.41) is 5.87. The molecule has 2 nitrogen and oxygen atoms in total. The molecule has 1 aromatic heterocycles. The Bertz CT molecular complexity index is 351. The molecule has 0 amide bonds. The topological polar surface area (TPSA) is 21.3 Å². The van der Waals surface area contributed by atoms with Crippen LogP contribution in [-0.2, 0) is 11.2 Å². The Morgan fingerprint density at radius 1 is 1.50 bits per heavy atom. The van der Waals surface area contributed by atoms with Gasteiger partial charge in [0.2, 0.25) is 0 Å². The summed E-state index contributed by atoms with van der Waals surface area (Å²) in [4.78, 5) is 1.47. The van der Waals surface area contributed by atoms with E-state index in [9.17, 15) is 0 Å². The second-order valence-corrected chi connectivity index (χ2v) is 6.41. The molecule has 1 fully saturated rings. The van der Waals surface area contributed by atoms with E-state index in [0.29, 0.717) is 17.6 Å². The van der Waals surface area contributed by atoms with E-state index in [1.165, 1.54) is 17.7 Å². The van der Waals surface area contributed by atoms with Crippen LogP contribution >= 0.6 is 11.3 Å². The summed E-state index contributed by atoms with van der Waals surface area (Å²) >= 11 is 1.85. The van der Waals surface area contributed by atoms with Crippen molar-refractivity contribution in [3.05, 3.63) is 22.4 Å². The molecule has 3 heteroatoms. The van der Waals surface area contributed by atoms with Crippen molar-refractivity contribution in [2.45, 2.75) is 52.2 Å². The SMILES string of the molecule is CCOC1CC(NCCc2cccs2)C1(C)CC. The summed E-state index contributed by atoms with van der Waals surface area (Å²) in [7, 11) is 0. The van der Waals surface area contributed by atoms with Crippen LogP contribution < -0.4 is 5.32 Å². The maximum Gasteiger partial charge on any atom is 0.0658 e. The van der Waals surface area contributed by atoms with E-state index in [2.05, 4.69) is 43.6 Å². The van der Waals surface area contributed by atoms with Gasteiger partial charge in [-0.15, -0.1) is 11.3 Å². The summed E-state index contributed by atoms with van der Waals surface area (Å²) in [5.41, 5.74) is 0.325. The van der Waals surface area contributed by atoms with Crippen LogP contribution in [0.4, 0.5) is 0 Å². The molecule has 102 valence electrons. The quantitative estimate of drug-likeness (QED) is 0.816. The average Bonchev–Trinajstić information content (AvgIpc) is 2.89. The highest BCUT2D eigenvalue weighted by atomic mass is 32.1. The number of hydrogen-bond acceptors (Lipinski definition) is 3. The van der Waals surface area contributed by atoms with Crippen LogP contribution in [-0.4, -0.2) is 25.3 Å². The summed E-state index contributed by atoms with van der Waals surface area (Å²) in [5.74, 6) is 0. The number of hydrogen-bond donors (Lipinski definition) is 1. The van der Waals surface area contributed by atoms with Crippen molar-refractivity contribution in [3.63, 3.8) is 0 Å². The van der Waals surface area contributed by atoms with Gasteiger partial charge in [0.05, 0.1) is 6.10 Å². The number of thiophene rings is 1. The minimum absolute atomic E-state index is 0.325. The minimum Gasteiger partial charge on any atom is -0.378 e. The molecule has 1 aromatic rings. The predicted molar refractivity (Wildman–Crippen MR) is 78.2 cm³/mol. The molecule has 3 atom stereocenters. The fraction of sp³-hybridized carbons (Fsp3) is 0.733. The van der Waals surface area contributed by atoms with Gasteiger partial charge in [0.1, 0.15) is 0 Å². The van der Waals surface area contributed by atoms with Crippen molar-refractivity contribution < 1.29 is 4.74 Å². The third-order valence-corrected chi connectivity index (χ3v) is 5.39. The highest BCUT2D eigenvalue weighted by Crippen LogP contribution is 2.45. The smallest absolute Gasteiger partial charge is 0.0658 e. The fourth-order valence-corrected chi connectivity index (χ4v) is 3.60. The van der Waals surface area contributed by atoms with Crippen LogP contribution in [0.2, 0.25) is 0 Å². The average molecular weight is 267 g/mol. The van der Waals surface area contributed by atoms with E-state index in [4.69, 9.17) is 4.74 Å². The van der Waals surface area contributed by atoms with E-state index < -0.39 is 0 Å². The van der Waals surface area contributed by atoms with Crippen LogP contribution in [0.25, 0.3) is 0 Å². The first-order valence-electron chi connectivity index (χ1n) is 7.08. The van der Waals surface area contributed by atoms with Gasteiger partial charge < -0.3 is 10.1 Å². The third-order valence-electron chi connectivity index (χ3n) is 4.45. The second kappa shape index (κ2) is 6.18. The van der Waals surface area contributed by atoms with Gasteiger partial charge in [0.15, 0.2) is 0 Å². The van der Waals surface area contributed by atoms with Crippen LogP contribution in [0, 0.1) is 5.41 Å². The van der Waals surface area contributed by atoms with Crippen LogP contribution in [0.15, 0.2) is 17.5 Å². The van der Waals surface area contributed by atoms with Gasteiger partial charge >= 0.3 is 0 Å². The van der Waals surface area contributed by atoms with Crippen LogP contribution in [0.3, 0.4) is 0 Å². The van der Waals surface area contributed by atoms with Gasteiger partial charge in [0, 0.05) is 29.5 Å². The standard InChI is InChI=1S/C15H25NOS/c1-4-15(3)13(11-14(15)17-5-2)16-9-8-12-7-6-10-18-12/h6-7,10,13-14,16H,4-5,8-9,11H2,1-3H3. The van der Waals surface area contributed by atoms with E-state index in [1.54, 1.807) is 0 Å². The maximum atomic E-state index is 5.83. The summed E-state index contributed by atoms with van der Waals surface area (Å²) in [6, 6.07) is 4.97. The summed E-state index contributed by atoms with van der Waals surface area (Å²) in [6.07, 6.45) is 3.95. The lowest BCUT2D eigenvalue weighted by Gasteiger charge is -2.53.